The molecule has 6 nitrogen and oxygen atoms in total. The third-order valence-electron chi connectivity index (χ3n) is 3.80. The molecule has 0 bridgehead atoms. The van der Waals surface area contributed by atoms with Gasteiger partial charge < -0.3 is 11.1 Å². The Morgan fingerprint density at radius 2 is 2.12 bits per heavy atom. The molecule has 3 N–H and O–H groups in total. The number of benzene rings is 1. The number of nitriles is 1. The third kappa shape index (κ3) is 3.73. The van der Waals surface area contributed by atoms with Gasteiger partial charge in [0.05, 0.1) is 16.3 Å². The number of nitrogens with two attached hydrogens (primary N) is 1. The predicted octanol–water partition coefficient (Wildman–Crippen LogP) is 2.89. The van der Waals surface area contributed by atoms with E-state index in [-0.39, 0.29) is 17.5 Å². The zero-order valence-corrected chi connectivity index (χ0v) is 14.6. The van der Waals surface area contributed by atoms with Crippen LogP contribution in [0.4, 0.5) is 10.2 Å². The SMILES string of the molecule is N#Cc1c(CCCNC(=O)c2cccs2)nn(-c2ccc(F)cc2)c1N. The Balaban J connectivity index is 1.66. The molecule has 0 aliphatic rings. The molecule has 1 aromatic carbocycles. The second-order valence-corrected chi connectivity index (χ2v) is 6.49. The Kier molecular flexibility index (Phi) is 5.29. The lowest BCUT2D eigenvalue weighted by Gasteiger charge is -2.03. The Labute approximate surface area is 153 Å². The highest BCUT2D eigenvalue weighted by atomic mass is 32.1. The van der Waals surface area contributed by atoms with Crippen molar-refractivity contribution < 1.29 is 9.18 Å². The quantitative estimate of drug-likeness (QED) is 0.653. The van der Waals surface area contributed by atoms with Gasteiger partial charge in [-0.1, -0.05) is 6.07 Å². The van der Waals surface area contributed by atoms with E-state index in [9.17, 15) is 14.4 Å². The van der Waals surface area contributed by atoms with Crippen molar-refractivity contribution in [3.8, 4) is 11.8 Å². The molecule has 0 unspecified atom stereocenters. The maximum atomic E-state index is 13.1. The first-order chi connectivity index (χ1) is 12.6. The van der Waals surface area contributed by atoms with E-state index in [1.807, 2.05) is 11.4 Å². The van der Waals surface area contributed by atoms with Crippen molar-refractivity contribution in [3.05, 3.63) is 63.7 Å². The molecule has 0 spiro atoms. The predicted molar refractivity (Wildman–Crippen MR) is 97.6 cm³/mol. The number of nitrogens with zero attached hydrogens (tertiary/aromatic N) is 3. The molecule has 0 atom stereocenters. The van der Waals surface area contributed by atoms with Gasteiger partial charge in [0.1, 0.15) is 23.3 Å². The van der Waals surface area contributed by atoms with E-state index < -0.39 is 0 Å². The van der Waals surface area contributed by atoms with Gasteiger partial charge in [0.2, 0.25) is 0 Å². The van der Waals surface area contributed by atoms with Crippen molar-refractivity contribution in [3.63, 3.8) is 0 Å². The number of carbonyl (C=O) groups excluding carboxylic acids is 1. The Hall–Kier alpha value is -3.18. The average Bonchev–Trinajstić information content (AvgIpc) is 3.27. The summed E-state index contributed by atoms with van der Waals surface area (Å²) in [5.74, 6) is -0.254. The molecule has 8 heteroatoms. The van der Waals surface area contributed by atoms with Crippen LogP contribution in [0.3, 0.4) is 0 Å². The van der Waals surface area contributed by atoms with Gasteiger partial charge in [0.25, 0.3) is 5.91 Å². The highest BCUT2D eigenvalue weighted by molar-refractivity contribution is 7.12. The molecule has 3 rings (SSSR count). The van der Waals surface area contributed by atoms with Crippen molar-refractivity contribution in [1.82, 2.24) is 15.1 Å². The van der Waals surface area contributed by atoms with Crippen molar-refractivity contribution in [2.24, 2.45) is 0 Å². The van der Waals surface area contributed by atoms with Crippen molar-refractivity contribution in [1.29, 1.82) is 5.26 Å². The van der Waals surface area contributed by atoms with Crippen LogP contribution in [0.15, 0.2) is 41.8 Å². The van der Waals surface area contributed by atoms with Crippen LogP contribution in [0, 0.1) is 17.1 Å². The maximum absolute atomic E-state index is 13.1. The first kappa shape index (κ1) is 17.6. The third-order valence-corrected chi connectivity index (χ3v) is 4.67. The van der Waals surface area contributed by atoms with Crippen molar-refractivity contribution in [2.45, 2.75) is 12.8 Å². The van der Waals surface area contributed by atoms with Crippen LogP contribution >= 0.6 is 11.3 Å². The van der Waals surface area contributed by atoms with Crippen LogP contribution in [0.2, 0.25) is 0 Å². The van der Waals surface area contributed by atoms with Crippen molar-refractivity contribution in [2.75, 3.05) is 12.3 Å². The molecule has 0 aliphatic carbocycles. The van der Waals surface area contributed by atoms with E-state index in [4.69, 9.17) is 5.73 Å². The second kappa shape index (κ2) is 7.80. The smallest absolute Gasteiger partial charge is 0.261 e. The van der Waals surface area contributed by atoms with E-state index >= 15 is 0 Å². The summed E-state index contributed by atoms with van der Waals surface area (Å²) in [6, 6.07) is 11.4. The number of anilines is 1. The normalized spacial score (nSPS) is 10.5. The van der Waals surface area contributed by atoms with E-state index in [2.05, 4.69) is 16.5 Å². The Bertz CT molecular complexity index is 941. The fraction of sp³-hybridized carbons (Fsp3) is 0.167. The van der Waals surface area contributed by atoms with Crippen LogP contribution in [0.25, 0.3) is 5.69 Å². The van der Waals surface area contributed by atoms with Gasteiger partial charge >= 0.3 is 0 Å². The summed E-state index contributed by atoms with van der Waals surface area (Å²) in [6.45, 7) is 0.463. The van der Waals surface area contributed by atoms with Crippen LogP contribution < -0.4 is 11.1 Å². The van der Waals surface area contributed by atoms with Crippen LogP contribution in [0.1, 0.15) is 27.3 Å². The largest absolute Gasteiger partial charge is 0.382 e. The summed E-state index contributed by atoms with van der Waals surface area (Å²) in [5.41, 5.74) is 7.46. The second-order valence-electron chi connectivity index (χ2n) is 5.54. The summed E-state index contributed by atoms with van der Waals surface area (Å²) in [6.07, 6.45) is 1.11. The van der Waals surface area contributed by atoms with Gasteiger partial charge in [-0.15, -0.1) is 11.3 Å². The molecular formula is C18H16FN5OS. The van der Waals surface area contributed by atoms with E-state index in [0.717, 1.165) is 0 Å². The minimum atomic E-state index is -0.360. The number of hydrogen-bond acceptors (Lipinski definition) is 5. The molecule has 1 amide bonds. The number of halogens is 1. The summed E-state index contributed by atoms with van der Waals surface area (Å²) in [4.78, 5) is 12.5. The molecule has 0 fully saturated rings. The lowest BCUT2D eigenvalue weighted by Crippen LogP contribution is -2.23. The first-order valence-corrected chi connectivity index (χ1v) is 8.83. The molecule has 26 heavy (non-hydrogen) atoms. The van der Waals surface area contributed by atoms with Crippen molar-refractivity contribution >= 4 is 23.1 Å². The first-order valence-electron chi connectivity index (χ1n) is 7.95. The number of aryl methyl sites for hydroxylation is 1. The standard InChI is InChI=1S/C18H16FN5OS/c19-12-5-7-13(8-6-12)24-17(21)14(11-20)15(23-24)3-1-9-22-18(25)16-4-2-10-26-16/h2,4-8,10H,1,3,9,21H2,(H,22,25). The summed E-state index contributed by atoms with van der Waals surface area (Å²) < 4.78 is 14.5. The van der Waals surface area contributed by atoms with Crippen LogP contribution in [-0.2, 0) is 6.42 Å². The molecule has 0 radical (unpaired) electrons. The van der Waals surface area contributed by atoms with Crippen LogP contribution in [-0.4, -0.2) is 22.2 Å². The van der Waals surface area contributed by atoms with Gasteiger partial charge in [-0.05, 0) is 48.6 Å². The minimum Gasteiger partial charge on any atom is -0.382 e. The number of carbonyl (C=O) groups is 1. The molecule has 3 aromatic rings. The zero-order valence-electron chi connectivity index (χ0n) is 13.8. The van der Waals surface area contributed by atoms with Crippen LogP contribution in [0.5, 0.6) is 0 Å². The Morgan fingerprint density at radius 3 is 2.77 bits per heavy atom. The fourth-order valence-electron chi connectivity index (χ4n) is 2.51. The molecule has 132 valence electrons. The maximum Gasteiger partial charge on any atom is 0.261 e. The molecule has 0 saturated carbocycles. The molecule has 0 saturated heterocycles. The molecule has 0 aliphatic heterocycles. The number of nitrogens with one attached hydrogen (secondary N) is 1. The van der Waals surface area contributed by atoms with Gasteiger partial charge in [0.15, 0.2) is 0 Å². The highest BCUT2D eigenvalue weighted by Gasteiger charge is 2.16. The number of rotatable bonds is 6. The zero-order chi connectivity index (χ0) is 18.5. The summed E-state index contributed by atoms with van der Waals surface area (Å²) in [7, 11) is 0. The minimum absolute atomic E-state index is 0.114. The van der Waals surface area contributed by atoms with Gasteiger partial charge in [0, 0.05) is 6.54 Å². The van der Waals surface area contributed by atoms with E-state index in [1.54, 1.807) is 18.2 Å². The lowest BCUT2D eigenvalue weighted by atomic mass is 10.1. The lowest BCUT2D eigenvalue weighted by molar-refractivity contribution is 0.0957. The van der Waals surface area contributed by atoms with E-state index in [1.165, 1.54) is 28.2 Å². The Morgan fingerprint density at radius 1 is 1.35 bits per heavy atom. The number of nitrogen functional groups attached to an aromatic ring is 1. The fourth-order valence-corrected chi connectivity index (χ4v) is 3.15. The molecular weight excluding hydrogens is 353 g/mol. The molecule has 2 aromatic heterocycles. The van der Waals surface area contributed by atoms with Gasteiger partial charge in [-0.3, -0.25) is 4.79 Å². The van der Waals surface area contributed by atoms with E-state index in [0.29, 0.717) is 41.2 Å². The van der Waals surface area contributed by atoms with Gasteiger partial charge in [-0.2, -0.15) is 10.4 Å². The topological polar surface area (TPSA) is 96.7 Å². The number of amides is 1. The number of thiophene rings is 1. The average molecular weight is 369 g/mol. The molecule has 2 heterocycles. The number of aromatic nitrogens is 2. The highest BCUT2D eigenvalue weighted by Crippen LogP contribution is 2.21. The summed E-state index contributed by atoms with van der Waals surface area (Å²) in [5, 5.41) is 18.4. The van der Waals surface area contributed by atoms with Gasteiger partial charge in [-0.25, -0.2) is 9.07 Å². The summed E-state index contributed by atoms with van der Waals surface area (Å²) >= 11 is 1.38. The monoisotopic (exact) mass is 369 g/mol. The number of hydrogen-bond donors (Lipinski definition) is 2.